The van der Waals surface area contributed by atoms with Gasteiger partial charge in [0.2, 0.25) is 10.0 Å². The van der Waals surface area contributed by atoms with Crippen LogP contribution in [-0.4, -0.2) is 57.2 Å². The zero-order chi connectivity index (χ0) is 21.7. The summed E-state index contributed by atoms with van der Waals surface area (Å²) in [5.74, 6) is 0. The summed E-state index contributed by atoms with van der Waals surface area (Å²) in [5, 5.41) is 8.99. The number of sulfonamides is 1. The smallest absolute Gasteiger partial charge is 0.243 e. The lowest BCUT2D eigenvalue weighted by atomic mass is 10.1. The molecule has 0 saturated carbocycles. The van der Waals surface area contributed by atoms with Gasteiger partial charge in [0.25, 0.3) is 0 Å². The van der Waals surface area contributed by atoms with Gasteiger partial charge in [-0.05, 0) is 61.1 Å². The normalized spacial score (nSPS) is 18.0. The van der Waals surface area contributed by atoms with E-state index in [1.807, 2.05) is 17.5 Å². The highest BCUT2D eigenvalue weighted by Crippen LogP contribution is 2.32. The van der Waals surface area contributed by atoms with Crippen LogP contribution < -0.4 is 15.5 Å². The highest BCUT2D eigenvalue weighted by molar-refractivity contribution is 7.89. The van der Waals surface area contributed by atoms with Crippen molar-refractivity contribution in [3.63, 3.8) is 0 Å². The number of morpholine rings is 1. The Labute approximate surface area is 193 Å². The number of benzene rings is 1. The van der Waals surface area contributed by atoms with Gasteiger partial charge >= 0.3 is 0 Å². The Morgan fingerprint density at radius 3 is 2.58 bits per heavy atom. The largest absolute Gasteiger partial charge is 0.379 e. The molecule has 3 heterocycles. The third-order valence-electron chi connectivity index (χ3n) is 5.52. The van der Waals surface area contributed by atoms with Gasteiger partial charge in [-0.15, -0.1) is 11.3 Å². The molecule has 31 heavy (non-hydrogen) atoms. The van der Waals surface area contributed by atoms with Gasteiger partial charge in [0.1, 0.15) is 0 Å². The zero-order valence-corrected chi connectivity index (χ0v) is 19.8. The monoisotopic (exact) mass is 480 g/mol. The molecular formula is C21H28N4O3S3. The first-order chi connectivity index (χ1) is 15.0. The van der Waals surface area contributed by atoms with E-state index in [2.05, 4.69) is 21.6 Å². The van der Waals surface area contributed by atoms with E-state index >= 15 is 0 Å². The minimum absolute atomic E-state index is 0.277. The van der Waals surface area contributed by atoms with Gasteiger partial charge in [-0.3, -0.25) is 0 Å². The van der Waals surface area contributed by atoms with Crippen LogP contribution in [0.25, 0.3) is 0 Å². The molecule has 4 rings (SSSR count). The van der Waals surface area contributed by atoms with Crippen molar-refractivity contribution in [2.45, 2.75) is 30.7 Å². The standard InChI is InChI=1S/C21H28N4O3S3/c26-31(27,25-10-12-28-13-11-25)18-6-7-20(24-8-2-1-3-9-24)19(15-18)23-21(29)22-16-17-5-4-14-30-17/h4-7,14-15H,1-3,8-13,16H2,(H2,22,23,29). The maximum Gasteiger partial charge on any atom is 0.243 e. The van der Waals surface area contributed by atoms with Crippen LogP contribution in [-0.2, 0) is 21.3 Å². The van der Waals surface area contributed by atoms with Gasteiger partial charge in [0, 0.05) is 31.1 Å². The second-order valence-electron chi connectivity index (χ2n) is 7.63. The Balaban J connectivity index is 1.57. The van der Waals surface area contributed by atoms with Crippen molar-refractivity contribution in [1.29, 1.82) is 0 Å². The minimum Gasteiger partial charge on any atom is -0.379 e. The van der Waals surface area contributed by atoms with Gasteiger partial charge in [0.15, 0.2) is 5.11 Å². The topological polar surface area (TPSA) is 73.9 Å². The summed E-state index contributed by atoms with van der Waals surface area (Å²) in [5.41, 5.74) is 1.71. The Kier molecular flexibility index (Phi) is 7.44. The van der Waals surface area contributed by atoms with Gasteiger partial charge < -0.3 is 20.3 Å². The highest BCUT2D eigenvalue weighted by atomic mass is 32.2. The summed E-state index contributed by atoms with van der Waals surface area (Å²) in [6, 6.07) is 9.39. The molecular weight excluding hydrogens is 452 g/mol. The molecule has 0 atom stereocenters. The maximum absolute atomic E-state index is 13.2. The van der Waals surface area contributed by atoms with E-state index in [9.17, 15) is 8.42 Å². The number of anilines is 2. The predicted molar refractivity (Wildman–Crippen MR) is 129 cm³/mol. The Hall–Kier alpha value is -1.72. The Morgan fingerprint density at radius 1 is 1.10 bits per heavy atom. The fraction of sp³-hybridized carbons (Fsp3) is 0.476. The number of nitrogens with one attached hydrogen (secondary N) is 2. The molecule has 2 fully saturated rings. The lowest BCUT2D eigenvalue weighted by molar-refractivity contribution is 0.0730. The number of ether oxygens (including phenoxy) is 1. The molecule has 2 N–H and O–H groups in total. The summed E-state index contributed by atoms with van der Waals surface area (Å²) in [6.07, 6.45) is 3.49. The number of rotatable bonds is 6. The maximum atomic E-state index is 13.2. The van der Waals surface area contributed by atoms with Crippen LogP contribution >= 0.6 is 23.6 Å². The van der Waals surface area contributed by atoms with E-state index in [0.29, 0.717) is 38.0 Å². The average Bonchev–Trinajstić information content (AvgIpc) is 3.33. The first kappa shape index (κ1) is 22.5. The number of piperidine rings is 1. The Morgan fingerprint density at radius 2 is 1.87 bits per heavy atom. The minimum atomic E-state index is -3.58. The van der Waals surface area contributed by atoms with Gasteiger partial charge in [-0.1, -0.05) is 6.07 Å². The van der Waals surface area contributed by atoms with Gasteiger partial charge in [-0.2, -0.15) is 4.31 Å². The molecule has 7 nitrogen and oxygen atoms in total. The van der Waals surface area contributed by atoms with E-state index in [-0.39, 0.29) is 4.90 Å². The average molecular weight is 481 g/mol. The van der Waals surface area contributed by atoms with Crippen molar-refractivity contribution in [2.75, 3.05) is 49.6 Å². The first-order valence-corrected chi connectivity index (χ1v) is 13.3. The second-order valence-corrected chi connectivity index (χ2v) is 11.0. The molecule has 10 heteroatoms. The molecule has 2 aromatic rings. The lowest BCUT2D eigenvalue weighted by Gasteiger charge is -2.31. The second kappa shape index (κ2) is 10.3. The van der Waals surface area contributed by atoms with Crippen LogP contribution in [0.5, 0.6) is 0 Å². The first-order valence-electron chi connectivity index (χ1n) is 10.6. The van der Waals surface area contributed by atoms with Crippen LogP contribution in [0.3, 0.4) is 0 Å². The van der Waals surface area contributed by atoms with Crippen molar-refractivity contribution in [1.82, 2.24) is 9.62 Å². The number of thiophene rings is 1. The SMILES string of the molecule is O=S(=O)(c1ccc(N2CCCCC2)c(NC(=S)NCc2cccs2)c1)N1CCOCC1. The van der Waals surface area contributed by atoms with Crippen molar-refractivity contribution in [2.24, 2.45) is 0 Å². The van der Waals surface area contributed by atoms with E-state index in [1.165, 1.54) is 15.6 Å². The quantitative estimate of drug-likeness (QED) is 0.615. The number of hydrogen-bond acceptors (Lipinski definition) is 6. The summed E-state index contributed by atoms with van der Waals surface area (Å²) >= 11 is 7.19. The third-order valence-corrected chi connectivity index (χ3v) is 8.54. The summed E-state index contributed by atoms with van der Waals surface area (Å²) in [4.78, 5) is 3.77. The molecule has 0 bridgehead atoms. The molecule has 168 valence electrons. The molecule has 1 aromatic carbocycles. The van der Waals surface area contributed by atoms with E-state index in [4.69, 9.17) is 17.0 Å². The fourth-order valence-corrected chi connectivity index (χ4v) is 6.13. The van der Waals surface area contributed by atoms with Crippen LogP contribution in [0.1, 0.15) is 24.1 Å². The number of hydrogen-bond donors (Lipinski definition) is 2. The van der Waals surface area contributed by atoms with Crippen LogP contribution in [0, 0.1) is 0 Å². The molecule has 0 spiro atoms. The van der Waals surface area contributed by atoms with E-state index < -0.39 is 10.0 Å². The predicted octanol–water partition coefficient (Wildman–Crippen LogP) is 3.25. The fourth-order valence-electron chi connectivity index (χ4n) is 3.87. The molecule has 0 amide bonds. The van der Waals surface area contributed by atoms with E-state index in [1.54, 1.807) is 23.5 Å². The van der Waals surface area contributed by atoms with Crippen LogP contribution in [0.4, 0.5) is 11.4 Å². The molecule has 0 unspecified atom stereocenters. The summed E-state index contributed by atoms with van der Waals surface area (Å²) < 4.78 is 33.2. The summed E-state index contributed by atoms with van der Waals surface area (Å²) in [7, 11) is -3.58. The van der Waals surface area contributed by atoms with Crippen LogP contribution in [0.15, 0.2) is 40.6 Å². The molecule has 0 radical (unpaired) electrons. The number of nitrogens with zero attached hydrogens (tertiary/aromatic N) is 2. The van der Waals surface area contributed by atoms with Crippen molar-refractivity contribution in [3.05, 3.63) is 40.6 Å². The van der Waals surface area contributed by atoms with Gasteiger partial charge in [-0.25, -0.2) is 8.42 Å². The summed E-state index contributed by atoms with van der Waals surface area (Å²) in [6.45, 7) is 4.15. The molecule has 0 aliphatic carbocycles. The van der Waals surface area contributed by atoms with Crippen molar-refractivity contribution < 1.29 is 13.2 Å². The molecule has 2 aliphatic heterocycles. The molecule has 1 aromatic heterocycles. The third kappa shape index (κ3) is 5.56. The van der Waals surface area contributed by atoms with Gasteiger partial charge in [0.05, 0.1) is 36.0 Å². The Bertz CT molecular complexity index is 983. The zero-order valence-electron chi connectivity index (χ0n) is 17.4. The van der Waals surface area contributed by atoms with E-state index in [0.717, 1.165) is 37.3 Å². The van der Waals surface area contributed by atoms with Crippen molar-refractivity contribution >= 4 is 50.1 Å². The van der Waals surface area contributed by atoms with Crippen molar-refractivity contribution in [3.8, 4) is 0 Å². The highest BCUT2D eigenvalue weighted by Gasteiger charge is 2.27. The number of thiocarbonyl (C=S) groups is 1. The lowest BCUT2D eigenvalue weighted by Crippen LogP contribution is -2.40. The molecule has 2 saturated heterocycles. The molecule has 2 aliphatic rings. The van der Waals surface area contributed by atoms with Crippen LogP contribution in [0.2, 0.25) is 0 Å².